The Labute approximate surface area is 161 Å². The second-order valence-electron chi connectivity index (χ2n) is 5.90. The van der Waals surface area contributed by atoms with Crippen LogP contribution in [0.3, 0.4) is 0 Å². The summed E-state index contributed by atoms with van der Waals surface area (Å²) < 4.78 is 5.12. The topological polar surface area (TPSA) is 119 Å². The van der Waals surface area contributed by atoms with Crippen molar-refractivity contribution in [3.63, 3.8) is 0 Å². The minimum atomic E-state index is -0.529. The molecule has 2 aromatic heterocycles. The van der Waals surface area contributed by atoms with Gasteiger partial charge in [0.2, 0.25) is 0 Å². The lowest BCUT2D eigenvalue weighted by atomic mass is 10.1. The number of nitrogen functional groups attached to an aromatic ring is 1. The number of benzene rings is 1. The number of pyridine rings is 2. The Bertz CT molecular complexity index is 946. The predicted molar refractivity (Wildman–Crippen MR) is 104 cm³/mol. The molecular weight excluding hydrogens is 358 g/mol. The van der Waals surface area contributed by atoms with Gasteiger partial charge in [0.05, 0.1) is 17.6 Å². The predicted octanol–water partition coefficient (Wildman–Crippen LogP) is 2.74. The van der Waals surface area contributed by atoms with Crippen molar-refractivity contribution in [3.05, 3.63) is 83.9 Å². The Morgan fingerprint density at radius 2 is 1.75 bits per heavy atom. The van der Waals surface area contributed by atoms with Gasteiger partial charge < -0.3 is 21.1 Å². The zero-order valence-electron chi connectivity index (χ0n) is 15.0. The minimum Gasteiger partial charge on any atom is -0.445 e. The molecular formula is C20H19N5O3. The third-order valence-electron chi connectivity index (χ3n) is 3.85. The molecule has 1 aromatic carbocycles. The van der Waals surface area contributed by atoms with Crippen molar-refractivity contribution >= 4 is 23.4 Å². The molecule has 8 heteroatoms. The van der Waals surface area contributed by atoms with Crippen LogP contribution in [0.4, 0.5) is 16.2 Å². The summed E-state index contributed by atoms with van der Waals surface area (Å²) >= 11 is 0. The molecule has 2 amide bonds. The first kappa shape index (κ1) is 18.8. The van der Waals surface area contributed by atoms with Gasteiger partial charge in [-0.1, -0.05) is 18.2 Å². The Kier molecular flexibility index (Phi) is 6.14. The highest BCUT2D eigenvalue weighted by atomic mass is 16.5. The highest BCUT2D eigenvalue weighted by molar-refractivity contribution is 6.05. The summed E-state index contributed by atoms with van der Waals surface area (Å²) in [7, 11) is 0. The molecule has 0 aliphatic carbocycles. The van der Waals surface area contributed by atoms with Gasteiger partial charge in [-0.05, 0) is 29.8 Å². The van der Waals surface area contributed by atoms with Crippen LogP contribution >= 0.6 is 0 Å². The van der Waals surface area contributed by atoms with Gasteiger partial charge in [-0.25, -0.2) is 4.79 Å². The van der Waals surface area contributed by atoms with E-state index < -0.39 is 6.09 Å². The van der Waals surface area contributed by atoms with Crippen molar-refractivity contribution in [2.75, 3.05) is 11.1 Å². The first-order valence-electron chi connectivity index (χ1n) is 8.51. The number of anilines is 2. The molecule has 0 saturated heterocycles. The molecule has 0 saturated carbocycles. The number of alkyl carbamates (subject to hydrolysis) is 1. The molecule has 8 nitrogen and oxygen atoms in total. The summed E-state index contributed by atoms with van der Waals surface area (Å²) in [4.78, 5) is 31.9. The number of ether oxygens (including phenoxy) is 1. The van der Waals surface area contributed by atoms with E-state index in [1.165, 1.54) is 6.20 Å². The minimum absolute atomic E-state index is 0.150. The van der Waals surface area contributed by atoms with Crippen molar-refractivity contribution < 1.29 is 14.3 Å². The van der Waals surface area contributed by atoms with E-state index in [2.05, 4.69) is 20.6 Å². The number of nitrogens with zero attached hydrogens (tertiary/aromatic N) is 2. The molecule has 4 N–H and O–H groups in total. The average molecular weight is 377 g/mol. The lowest BCUT2D eigenvalue weighted by Gasteiger charge is -2.09. The fourth-order valence-electron chi connectivity index (χ4n) is 2.35. The van der Waals surface area contributed by atoms with Gasteiger partial charge in [0, 0.05) is 36.3 Å². The van der Waals surface area contributed by atoms with Gasteiger partial charge in [-0.2, -0.15) is 0 Å². The summed E-state index contributed by atoms with van der Waals surface area (Å²) in [5.74, 6) is -0.284. The zero-order valence-corrected chi connectivity index (χ0v) is 15.0. The Hall–Kier alpha value is -3.94. The number of aromatic nitrogens is 2. The summed E-state index contributed by atoms with van der Waals surface area (Å²) in [5, 5.41) is 5.39. The van der Waals surface area contributed by atoms with Crippen LogP contribution in [0.5, 0.6) is 0 Å². The maximum Gasteiger partial charge on any atom is 0.407 e. The van der Waals surface area contributed by atoms with Crippen molar-refractivity contribution in [2.45, 2.75) is 13.2 Å². The Balaban J connectivity index is 1.48. The molecule has 0 aliphatic rings. The first-order valence-corrected chi connectivity index (χ1v) is 8.51. The van der Waals surface area contributed by atoms with E-state index in [1.807, 2.05) is 6.07 Å². The molecule has 28 heavy (non-hydrogen) atoms. The van der Waals surface area contributed by atoms with E-state index in [1.54, 1.807) is 55.0 Å². The Morgan fingerprint density at radius 3 is 2.46 bits per heavy atom. The second-order valence-corrected chi connectivity index (χ2v) is 5.90. The van der Waals surface area contributed by atoms with Gasteiger partial charge >= 0.3 is 6.09 Å². The molecule has 0 bridgehead atoms. The molecule has 3 rings (SSSR count). The summed E-state index contributed by atoms with van der Waals surface area (Å²) in [5.41, 5.74) is 8.77. The molecule has 2 heterocycles. The van der Waals surface area contributed by atoms with Crippen molar-refractivity contribution in [1.29, 1.82) is 0 Å². The van der Waals surface area contributed by atoms with Crippen LogP contribution in [0.1, 0.15) is 21.5 Å². The van der Waals surface area contributed by atoms with Gasteiger partial charge in [-0.15, -0.1) is 0 Å². The van der Waals surface area contributed by atoms with E-state index in [-0.39, 0.29) is 19.1 Å². The fraction of sp³-hybridized carbons (Fsp3) is 0.100. The maximum atomic E-state index is 12.3. The second kappa shape index (κ2) is 9.13. The number of rotatable bonds is 6. The van der Waals surface area contributed by atoms with Crippen LogP contribution in [-0.2, 0) is 17.9 Å². The highest BCUT2D eigenvalue weighted by Gasteiger charge is 2.09. The first-order chi connectivity index (χ1) is 13.6. The van der Waals surface area contributed by atoms with Gasteiger partial charge in [0.15, 0.2) is 0 Å². The van der Waals surface area contributed by atoms with E-state index in [0.717, 1.165) is 11.1 Å². The third-order valence-corrected chi connectivity index (χ3v) is 3.85. The SMILES string of the molecule is Nc1cnccc1NC(=O)c1ccc(CNC(=O)OCc2cccnc2)cc1. The summed E-state index contributed by atoms with van der Waals surface area (Å²) in [6.45, 7) is 0.433. The lowest BCUT2D eigenvalue weighted by molar-refractivity contribution is 0.102. The number of nitrogens with two attached hydrogens (primary N) is 1. The fourth-order valence-corrected chi connectivity index (χ4v) is 2.35. The average Bonchev–Trinajstić information content (AvgIpc) is 2.73. The molecule has 0 spiro atoms. The normalized spacial score (nSPS) is 10.1. The largest absolute Gasteiger partial charge is 0.445 e. The van der Waals surface area contributed by atoms with Crippen molar-refractivity contribution in [2.24, 2.45) is 0 Å². The van der Waals surface area contributed by atoms with Gasteiger partial charge in [-0.3, -0.25) is 14.8 Å². The number of carbonyl (C=O) groups excluding carboxylic acids is 2. The lowest BCUT2D eigenvalue weighted by Crippen LogP contribution is -2.23. The maximum absolute atomic E-state index is 12.3. The van der Waals surface area contributed by atoms with Gasteiger partial charge in [0.1, 0.15) is 6.61 Å². The van der Waals surface area contributed by atoms with E-state index in [4.69, 9.17) is 10.5 Å². The van der Waals surface area contributed by atoms with E-state index in [0.29, 0.717) is 16.9 Å². The van der Waals surface area contributed by atoms with Crippen molar-refractivity contribution in [1.82, 2.24) is 15.3 Å². The van der Waals surface area contributed by atoms with Crippen LogP contribution < -0.4 is 16.4 Å². The summed E-state index contributed by atoms with van der Waals surface area (Å²) in [6, 6.07) is 12.1. The molecule has 0 radical (unpaired) electrons. The molecule has 142 valence electrons. The number of hydrogen-bond acceptors (Lipinski definition) is 6. The zero-order chi connectivity index (χ0) is 19.8. The van der Waals surface area contributed by atoms with Crippen LogP contribution in [0.25, 0.3) is 0 Å². The van der Waals surface area contributed by atoms with Crippen LogP contribution in [0, 0.1) is 0 Å². The number of carbonyl (C=O) groups is 2. The number of nitrogens with one attached hydrogen (secondary N) is 2. The number of amides is 2. The number of hydrogen-bond donors (Lipinski definition) is 3. The Morgan fingerprint density at radius 1 is 0.964 bits per heavy atom. The van der Waals surface area contributed by atoms with Crippen molar-refractivity contribution in [3.8, 4) is 0 Å². The standard InChI is InChI=1S/C20H19N5O3/c21-17-12-23-9-7-18(17)25-19(26)16-5-3-14(4-6-16)11-24-20(27)28-13-15-2-1-8-22-10-15/h1-10,12H,11,13,21H2,(H,24,27)(H,23,25,26). The quantitative estimate of drug-likeness (QED) is 0.608. The van der Waals surface area contributed by atoms with Gasteiger partial charge in [0.25, 0.3) is 5.91 Å². The summed E-state index contributed by atoms with van der Waals surface area (Å²) in [6.07, 6.45) is 5.78. The molecule has 0 unspecified atom stereocenters. The highest BCUT2D eigenvalue weighted by Crippen LogP contribution is 2.16. The van der Waals surface area contributed by atoms with Crippen LogP contribution in [0.2, 0.25) is 0 Å². The third kappa shape index (κ3) is 5.28. The van der Waals surface area contributed by atoms with E-state index >= 15 is 0 Å². The molecule has 3 aromatic rings. The molecule has 0 fully saturated rings. The smallest absolute Gasteiger partial charge is 0.407 e. The monoisotopic (exact) mass is 377 g/mol. The van der Waals surface area contributed by atoms with Crippen LogP contribution in [-0.4, -0.2) is 22.0 Å². The van der Waals surface area contributed by atoms with Crippen LogP contribution in [0.15, 0.2) is 67.3 Å². The molecule has 0 aliphatic heterocycles. The van der Waals surface area contributed by atoms with E-state index in [9.17, 15) is 9.59 Å². The molecule has 0 atom stereocenters.